The second-order valence-electron chi connectivity index (χ2n) is 5.91. The molecule has 0 aromatic carbocycles. The van der Waals surface area contributed by atoms with Crippen LogP contribution >= 0.6 is 45.1 Å². The van der Waals surface area contributed by atoms with Crippen LogP contribution in [0.5, 0.6) is 0 Å². The van der Waals surface area contributed by atoms with Gasteiger partial charge in [0.15, 0.2) is 0 Å². The van der Waals surface area contributed by atoms with Crippen molar-refractivity contribution in [3.63, 3.8) is 0 Å². The van der Waals surface area contributed by atoms with Crippen molar-refractivity contribution in [1.29, 1.82) is 10.8 Å². The summed E-state index contributed by atoms with van der Waals surface area (Å²) >= 11 is 3.86. The van der Waals surface area contributed by atoms with E-state index in [2.05, 4.69) is 35.6 Å². The summed E-state index contributed by atoms with van der Waals surface area (Å²) in [5.41, 5.74) is 0. The number of amidine groups is 2. The zero-order valence-corrected chi connectivity index (χ0v) is 18.1. The van der Waals surface area contributed by atoms with Crippen molar-refractivity contribution < 1.29 is 0 Å². The average molecular weight is 409 g/mol. The van der Waals surface area contributed by atoms with Crippen LogP contribution in [0.15, 0.2) is 0 Å². The maximum absolute atomic E-state index is 7.93. The van der Waals surface area contributed by atoms with Crippen molar-refractivity contribution in [3.05, 3.63) is 0 Å². The van der Waals surface area contributed by atoms with E-state index in [0.29, 0.717) is 11.7 Å². The molecule has 4 N–H and O–H groups in total. The molecule has 0 amide bonds. The molecule has 1 saturated carbocycles. The van der Waals surface area contributed by atoms with E-state index in [4.69, 9.17) is 10.8 Å². The minimum atomic E-state index is 0.643. The van der Waals surface area contributed by atoms with Crippen LogP contribution in [0, 0.1) is 16.7 Å². The number of hydrogen-bond acceptors (Lipinski definition) is 6. The summed E-state index contributed by atoms with van der Waals surface area (Å²) in [6.45, 7) is 4.15. The molecule has 4 nitrogen and oxygen atoms in total. The fourth-order valence-corrected chi connectivity index (χ4v) is 5.80. The minimum absolute atomic E-state index is 0.643. The van der Waals surface area contributed by atoms with E-state index in [0.717, 1.165) is 60.1 Å². The van der Waals surface area contributed by atoms with Crippen molar-refractivity contribution in [2.45, 2.75) is 37.9 Å². The Kier molecular flexibility index (Phi) is 13.5. The van der Waals surface area contributed by atoms with Gasteiger partial charge in [-0.25, -0.2) is 0 Å². The molecule has 2 unspecified atom stereocenters. The maximum Gasteiger partial charge on any atom is 0.0940 e. The Balaban J connectivity index is 1.82. The minimum Gasteiger partial charge on any atom is -0.373 e. The first-order valence-corrected chi connectivity index (χ1v) is 13.5. The Labute approximate surface area is 164 Å². The second-order valence-corrected chi connectivity index (χ2v) is 10.9. The van der Waals surface area contributed by atoms with Crippen LogP contribution in [0.1, 0.15) is 32.6 Å². The molecule has 0 aliphatic heterocycles. The molecule has 0 aromatic heterocycles. The van der Waals surface area contributed by atoms with E-state index in [-0.39, 0.29) is 0 Å². The predicted molar refractivity (Wildman–Crippen MR) is 119 cm³/mol. The summed E-state index contributed by atoms with van der Waals surface area (Å²) in [7, 11) is 3.62. The highest BCUT2D eigenvalue weighted by Gasteiger charge is 2.26. The van der Waals surface area contributed by atoms with Gasteiger partial charge >= 0.3 is 0 Å². The predicted octanol–water partition coefficient (Wildman–Crippen LogP) is 4.18. The van der Waals surface area contributed by atoms with Gasteiger partial charge in [0.1, 0.15) is 0 Å². The lowest BCUT2D eigenvalue weighted by atomic mass is 9.87. The van der Waals surface area contributed by atoms with Crippen LogP contribution in [0.2, 0.25) is 0 Å². The molecule has 8 heteroatoms. The second kappa shape index (κ2) is 14.5. The summed E-state index contributed by atoms with van der Waals surface area (Å²) < 4.78 is 0. The van der Waals surface area contributed by atoms with Gasteiger partial charge in [-0.3, -0.25) is 10.8 Å². The topological polar surface area (TPSA) is 71.8 Å². The quantitative estimate of drug-likeness (QED) is 0.150. The van der Waals surface area contributed by atoms with Crippen molar-refractivity contribution in [2.24, 2.45) is 5.92 Å². The normalized spacial score (nSPS) is 19.6. The summed E-state index contributed by atoms with van der Waals surface area (Å²) in [4.78, 5) is 0. The zero-order chi connectivity index (χ0) is 17.6. The van der Waals surface area contributed by atoms with Crippen LogP contribution in [0.4, 0.5) is 0 Å². The highest BCUT2D eigenvalue weighted by Crippen LogP contribution is 2.36. The third-order valence-corrected chi connectivity index (χ3v) is 8.50. The summed E-state index contributed by atoms with van der Waals surface area (Å²) in [5.74, 6) is 6.30. The first kappa shape index (κ1) is 22.4. The van der Waals surface area contributed by atoms with Crippen LogP contribution in [0.25, 0.3) is 0 Å². The number of rotatable bonds is 14. The molecule has 1 fully saturated rings. The molecule has 0 bridgehead atoms. The number of hydrogen-bond donors (Lipinski definition) is 4. The molecule has 0 saturated heterocycles. The van der Waals surface area contributed by atoms with Gasteiger partial charge in [-0.15, -0.1) is 0 Å². The fourth-order valence-electron chi connectivity index (χ4n) is 2.18. The first-order chi connectivity index (χ1) is 11.6. The molecule has 140 valence electrons. The van der Waals surface area contributed by atoms with Crippen molar-refractivity contribution in [1.82, 2.24) is 10.6 Å². The first-order valence-electron chi connectivity index (χ1n) is 8.61. The molecule has 0 spiro atoms. The van der Waals surface area contributed by atoms with Crippen molar-refractivity contribution in [3.8, 4) is 0 Å². The van der Waals surface area contributed by atoms with Gasteiger partial charge in [0.25, 0.3) is 0 Å². The van der Waals surface area contributed by atoms with Crippen molar-refractivity contribution >= 4 is 56.8 Å². The van der Waals surface area contributed by atoms with E-state index in [9.17, 15) is 0 Å². The van der Waals surface area contributed by atoms with Gasteiger partial charge in [0, 0.05) is 54.2 Å². The Morgan fingerprint density at radius 1 is 0.917 bits per heavy atom. The molecule has 1 rings (SSSR count). The van der Waals surface area contributed by atoms with Gasteiger partial charge in [0.05, 0.1) is 11.7 Å². The molecule has 0 radical (unpaired) electrons. The summed E-state index contributed by atoms with van der Waals surface area (Å²) in [6.07, 6.45) is 6.47. The van der Waals surface area contributed by atoms with Crippen LogP contribution in [-0.2, 0) is 0 Å². The molecule has 24 heavy (non-hydrogen) atoms. The number of thioether (sulfide) groups is 2. The van der Waals surface area contributed by atoms with Gasteiger partial charge in [-0.05, 0) is 25.0 Å². The van der Waals surface area contributed by atoms with Crippen molar-refractivity contribution in [2.75, 3.05) is 42.4 Å². The van der Waals surface area contributed by atoms with Gasteiger partial charge < -0.3 is 10.6 Å². The average Bonchev–Trinajstić information content (AvgIpc) is 2.56. The lowest BCUT2D eigenvalue weighted by molar-refractivity contribution is 0.363. The summed E-state index contributed by atoms with van der Waals surface area (Å²) in [6, 6.07) is 0. The molecule has 1 aliphatic rings. The number of nitrogens with one attached hydrogen (secondary N) is 4. The Morgan fingerprint density at radius 3 is 1.96 bits per heavy atom. The van der Waals surface area contributed by atoms with Gasteiger partial charge in [0.2, 0.25) is 0 Å². The standard InChI is InChI=1S/C16H32N4S4/c1-13-3-4-14(13)22-12-8-20-16(18)6-10-24-23-9-5-15(17)19-7-11-21-2/h13-14H,3-12H2,1-2H3,(H2,17,19)(H2,18,20). The lowest BCUT2D eigenvalue weighted by Crippen LogP contribution is -2.29. The monoisotopic (exact) mass is 408 g/mol. The zero-order valence-electron chi connectivity index (χ0n) is 14.9. The van der Waals surface area contributed by atoms with Crippen LogP contribution in [-0.4, -0.2) is 59.3 Å². The Bertz CT molecular complexity index is 368. The van der Waals surface area contributed by atoms with Gasteiger partial charge in [-0.2, -0.15) is 23.5 Å². The lowest BCUT2D eigenvalue weighted by Gasteiger charge is -2.33. The molecule has 2 atom stereocenters. The third-order valence-electron chi connectivity index (χ3n) is 3.91. The molecular weight excluding hydrogens is 376 g/mol. The highest BCUT2D eigenvalue weighted by molar-refractivity contribution is 8.76. The Morgan fingerprint density at radius 2 is 1.50 bits per heavy atom. The smallest absolute Gasteiger partial charge is 0.0940 e. The molecule has 1 aliphatic carbocycles. The highest BCUT2D eigenvalue weighted by atomic mass is 33.1. The third kappa shape index (κ3) is 11.1. The van der Waals surface area contributed by atoms with E-state index in [1.54, 1.807) is 11.8 Å². The van der Waals surface area contributed by atoms with E-state index in [1.807, 2.05) is 21.6 Å². The van der Waals surface area contributed by atoms with E-state index >= 15 is 0 Å². The summed E-state index contributed by atoms with van der Waals surface area (Å²) in [5, 5.41) is 22.9. The fraction of sp³-hybridized carbons (Fsp3) is 0.875. The van der Waals surface area contributed by atoms with Gasteiger partial charge in [-0.1, -0.05) is 28.5 Å². The largest absolute Gasteiger partial charge is 0.373 e. The van der Waals surface area contributed by atoms with Crippen LogP contribution in [0.3, 0.4) is 0 Å². The molecule has 0 aromatic rings. The molecule has 0 heterocycles. The maximum atomic E-state index is 7.93. The van der Waals surface area contributed by atoms with E-state index < -0.39 is 0 Å². The Hall–Kier alpha value is 0.340. The SMILES string of the molecule is CSCCNC(=N)CCSSCCC(=N)NCCSC1CCC1C. The van der Waals surface area contributed by atoms with E-state index in [1.165, 1.54) is 12.8 Å². The molecular formula is C16H32N4S4. The van der Waals surface area contributed by atoms with Crippen LogP contribution < -0.4 is 10.6 Å².